The molecule has 0 spiro atoms. The Morgan fingerprint density at radius 1 is 1.33 bits per heavy atom. The van der Waals surface area contributed by atoms with Crippen LogP contribution in [0.3, 0.4) is 0 Å². The zero-order chi connectivity index (χ0) is 13.0. The molecule has 0 aliphatic carbocycles. The first-order valence-corrected chi connectivity index (χ1v) is 6.24. The number of amides is 1. The van der Waals surface area contributed by atoms with Crippen LogP contribution in [-0.2, 0) is 6.42 Å². The number of thiazole rings is 1. The van der Waals surface area contributed by atoms with Crippen LogP contribution < -0.4 is 16.8 Å². The van der Waals surface area contributed by atoms with E-state index < -0.39 is 0 Å². The zero-order valence-electron chi connectivity index (χ0n) is 9.59. The van der Waals surface area contributed by atoms with Crippen LogP contribution in [0.5, 0.6) is 0 Å². The van der Waals surface area contributed by atoms with Crippen molar-refractivity contribution in [3.8, 4) is 0 Å². The maximum Gasteiger partial charge on any atom is 0.269 e. The fourth-order valence-electron chi connectivity index (χ4n) is 1.41. The fraction of sp³-hybridized carbons (Fsp3) is 0.182. The molecule has 0 aliphatic heterocycles. The van der Waals surface area contributed by atoms with Crippen LogP contribution in [0.4, 0.5) is 10.9 Å². The van der Waals surface area contributed by atoms with Gasteiger partial charge in [-0.3, -0.25) is 4.79 Å². The Bertz CT molecular complexity index is 554. The molecule has 2 aromatic heterocycles. The van der Waals surface area contributed by atoms with E-state index in [-0.39, 0.29) is 5.91 Å². The average Bonchev–Trinajstić information content (AvgIpc) is 2.75. The Labute approximate surface area is 108 Å². The lowest BCUT2D eigenvalue weighted by Crippen LogP contribution is -2.26. The van der Waals surface area contributed by atoms with Crippen LogP contribution in [0.1, 0.15) is 16.2 Å². The van der Waals surface area contributed by atoms with Gasteiger partial charge in [0.1, 0.15) is 11.5 Å². The minimum atomic E-state index is -0.245. The first kappa shape index (κ1) is 12.3. The number of nitrogens with one attached hydrogen (secondary N) is 1. The van der Waals surface area contributed by atoms with Gasteiger partial charge in [-0.2, -0.15) is 0 Å². The molecule has 0 radical (unpaired) electrons. The summed E-state index contributed by atoms with van der Waals surface area (Å²) in [5, 5.41) is 5.16. The van der Waals surface area contributed by atoms with E-state index in [0.29, 0.717) is 29.6 Å². The van der Waals surface area contributed by atoms with Crippen LogP contribution in [0.25, 0.3) is 0 Å². The van der Waals surface area contributed by atoms with Gasteiger partial charge in [-0.05, 0) is 12.1 Å². The van der Waals surface area contributed by atoms with Gasteiger partial charge in [0.15, 0.2) is 5.13 Å². The topological polar surface area (TPSA) is 107 Å². The highest BCUT2D eigenvalue weighted by molar-refractivity contribution is 7.13. The number of anilines is 2. The predicted octanol–water partition coefficient (Wildman–Crippen LogP) is 0.675. The van der Waals surface area contributed by atoms with Crippen molar-refractivity contribution in [3.63, 3.8) is 0 Å². The summed E-state index contributed by atoms with van der Waals surface area (Å²) in [6, 6.07) is 4.94. The van der Waals surface area contributed by atoms with Crippen molar-refractivity contribution >= 4 is 28.2 Å². The molecule has 0 bridgehead atoms. The Morgan fingerprint density at radius 2 is 2.17 bits per heavy atom. The number of carbonyl (C=O) groups is 1. The number of aromatic nitrogens is 2. The van der Waals surface area contributed by atoms with Gasteiger partial charge in [-0.1, -0.05) is 6.07 Å². The molecule has 0 atom stereocenters. The number of carbonyl (C=O) groups excluding carboxylic acids is 1. The summed E-state index contributed by atoms with van der Waals surface area (Å²) < 4.78 is 0. The summed E-state index contributed by atoms with van der Waals surface area (Å²) in [4.78, 5) is 19.8. The smallest absolute Gasteiger partial charge is 0.269 e. The maximum absolute atomic E-state index is 11.7. The predicted molar refractivity (Wildman–Crippen MR) is 71.2 cm³/mol. The van der Waals surface area contributed by atoms with Crippen LogP contribution in [0.2, 0.25) is 0 Å². The van der Waals surface area contributed by atoms with Gasteiger partial charge in [0.25, 0.3) is 5.91 Å². The SMILES string of the molecule is Nc1cccc(C(=O)NCCc2csc(N)n2)n1. The summed E-state index contributed by atoms with van der Waals surface area (Å²) in [6.07, 6.45) is 0.641. The zero-order valence-corrected chi connectivity index (χ0v) is 10.4. The molecular formula is C11H13N5OS. The second-order valence-corrected chi connectivity index (χ2v) is 4.52. The first-order chi connectivity index (χ1) is 8.65. The van der Waals surface area contributed by atoms with E-state index in [9.17, 15) is 4.79 Å². The van der Waals surface area contributed by atoms with Crippen LogP contribution in [0.15, 0.2) is 23.6 Å². The van der Waals surface area contributed by atoms with E-state index in [4.69, 9.17) is 11.5 Å². The normalized spacial score (nSPS) is 10.2. The second kappa shape index (κ2) is 5.46. The fourth-order valence-corrected chi connectivity index (χ4v) is 2.01. The third-order valence-corrected chi connectivity index (χ3v) is 2.96. The van der Waals surface area contributed by atoms with Crippen molar-refractivity contribution in [2.75, 3.05) is 18.0 Å². The molecule has 0 fully saturated rings. The lowest BCUT2D eigenvalue weighted by atomic mass is 10.3. The molecule has 2 aromatic rings. The number of hydrogen-bond donors (Lipinski definition) is 3. The third-order valence-electron chi connectivity index (χ3n) is 2.24. The molecular weight excluding hydrogens is 250 g/mol. The van der Waals surface area contributed by atoms with Gasteiger partial charge >= 0.3 is 0 Å². The van der Waals surface area contributed by atoms with Gasteiger partial charge in [0, 0.05) is 18.3 Å². The quantitative estimate of drug-likeness (QED) is 0.751. The highest BCUT2D eigenvalue weighted by Crippen LogP contribution is 2.10. The Kier molecular flexibility index (Phi) is 3.73. The Hall–Kier alpha value is -2.15. The number of pyridine rings is 1. The van der Waals surface area contributed by atoms with Crippen LogP contribution >= 0.6 is 11.3 Å². The highest BCUT2D eigenvalue weighted by Gasteiger charge is 2.07. The minimum absolute atomic E-state index is 0.245. The monoisotopic (exact) mass is 263 g/mol. The van der Waals surface area contributed by atoms with Gasteiger partial charge in [0.05, 0.1) is 5.69 Å². The summed E-state index contributed by atoms with van der Waals surface area (Å²) in [6.45, 7) is 0.485. The molecule has 5 N–H and O–H groups in total. The number of nitrogens with two attached hydrogens (primary N) is 2. The molecule has 18 heavy (non-hydrogen) atoms. The van der Waals surface area contributed by atoms with Gasteiger partial charge < -0.3 is 16.8 Å². The summed E-state index contributed by atoms with van der Waals surface area (Å²) in [5.74, 6) is 0.0837. The number of nitrogens with zero attached hydrogens (tertiary/aromatic N) is 2. The summed E-state index contributed by atoms with van der Waals surface area (Å²) in [7, 11) is 0. The van der Waals surface area contributed by atoms with Gasteiger partial charge in [0.2, 0.25) is 0 Å². The van der Waals surface area contributed by atoms with Crippen molar-refractivity contribution in [3.05, 3.63) is 35.0 Å². The van der Waals surface area contributed by atoms with Crippen LogP contribution in [0, 0.1) is 0 Å². The highest BCUT2D eigenvalue weighted by atomic mass is 32.1. The summed E-state index contributed by atoms with van der Waals surface area (Å²) >= 11 is 1.39. The van der Waals surface area contributed by atoms with Gasteiger partial charge in [-0.25, -0.2) is 9.97 Å². The molecule has 0 aliphatic rings. The molecule has 2 heterocycles. The van der Waals surface area contributed by atoms with E-state index in [0.717, 1.165) is 5.69 Å². The molecule has 7 heteroatoms. The lowest BCUT2D eigenvalue weighted by molar-refractivity contribution is 0.0949. The molecule has 0 saturated heterocycles. The average molecular weight is 263 g/mol. The van der Waals surface area contributed by atoms with E-state index in [1.165, 1.54) is 11.3 Å². The van der Waals surface area contributed by atoms with Gasteiger partial charge in [-0.15, -0.1) is 11.3 Å². The number of hydrogen-bond acceptors (Lipinski definition) is 6. The molecule has 0 saturated carbocycles. The maximum atomic E-state index is 11.7. The molecule has 6 nitrogen and oxygen atoms in total. The van der Waals surface area contributed by atoms with Crippen molar-refractivity contribution < 1.29 is 4.79 Å². The van der Waals surface area contributed by atoms with Crippen molar-refractivity contribution in [1.29, 1.82) is 0 Å². The first-order valence-electron chi connectivity index (χ1n) is 5.36. The Balaban J connectivity index is 1.85. The largest absolute Gasteiger partial charge is 0.384 e. The van der Waals surface area contributed by atoms with E-state index in [2.05, 4.69) is 15.3 Å². The second-order valence-electron chi connectivity index (χ2n) is 3.63. The van der Waals surface area contributed by atoms with Crippen LogP contribution in [-0.4, -0.2) is 22.4 Å². The third kappa shape index (κ3) is 3.17. The summed E-state index contributed by atoms with van der Waals surface area (Å²) in [5.41, 5.74) is 12.2. The standard InChI is InChI=1S/C11H13N5OS/c12-9-3-1-2-8(16-9)10(17)14-5-4-7-6-18-11(13)15-7/h1-3,6H,4-5H2,(H2,12,16)(H2,13,15)(H,14,17). The number of rotatable bonds is 4. The van der Waals surface area contributed by atoms with Crippen molar-refractivity contribution in [2.45, 2.75) is 6.42 Å². The van der Waals surface area contributed by atoms with E-state index in [1.807, 2.05) is 5.38 Å². The minimum Gasteiger partial charge on any atom is -0.384 e. The van der Waals surface area contributed by atoms with E-state index >= 15 is 0 Å². The molecule has 2 rings (SSSR count). The molecule has 1 amide bonds. The molecule has 0 unspecified atom stereocenters. The number of nitrogen functional groups attached to an aromatic ring is 2. The Morgan fingerprint density at radius 3 is 2.83 bits per heavy atom. The van der Waals surface area contributed by atoms with Crippen molar-refractivity contribution in [1.82, 2.24) is 15.3 Å². The van der Waals surface area contributed by atoms with Crippen molar-refractivity contribution in [2.24, 2.45) is 0 Å². The van der Waals surface area contributed by atoms with E-state index in [1.54, 1.807) is 18.2 Å². The molecule has 94 valence electrons. The lowest BCUT2D eigenvalue weighted by Gasteiger charge is -2.03. The molecule has 0 aromatic carbocycles.